The lowest BCUT2D eigenvalue weighted by molar-refractivity contribution is 0.171. The molecule has 5 nitrogen and oxygen atoms in total. The molecule has 0 aliphatic carbocycles. The molecule has 1 aliphatic heterocycles. The number of benzene rings is 1. The van der Waals surface area contributed by atoms with Gasteiger partial charge < -0.3 is 19.4 Å². The molecule has 0 atom stereocenters. The Kier molecular flexibility index (Phi) is 3.21. The lowest BCUT2D eigenvalue weighted by Crippen LogP contribution is -2.15. The maximum absolute atomic E-state index is 8.93. The molecule has 1 aromatic carbocycles. The molecule has 0 saturated heterocycles. The van der Waals surface area contributed by atoms with Gasteiger partial charge in [-0.15, -0.1) is 0 Å². The summed E-state index contributed by atoms with van der Waals surface area (Å²) in [6, 6.07) is 9.83. The number of aromatic nitrogens is 1. The van der Waals surface area contributed by atoms with E-state index in [1.54, 1.807) is 0 Å². The van der Waals surface area contributed by atoms with E-state index < -0.39 is 0 Å². The molecule has 20 heavy (non-hydrogen) atoms. The number of nitrogens with one attached hydrogen (secondary N) is 1. The van der Waals surface area contributed by atoms with Crippen LogP contribution in [0, 0.1) is 11.3 Å². The standard InChI is InChI=1S/C15H15N3O2/c1-18-10-11(6-13(18)8-16)9-17-12-2-3-14-15(7-12)20-5-4-19-14/h2-3,6-7,10,17H,4-5,9H2,1H3. The maximum atomic E-state index is 8.93. The van der Waals surface area contributed by atoms with Gasteiger partial charge in [-0.1, -0.05) is 0 Å². The number of anilines is 1. The molecular formula is C15H15N3O2. The number of rotatable bonds is 3. The van der Waals surface area contributed by atoms with Crippen molar-refractivity contribution in [2.45, 2.75) is 6.54 Å². The van der Waals surface area contributed by atoms with E-state index in [0.29, 0.717) is 25.5 Å². The summed E-state index contributed by atoms with van der Waals surface area (Å²) in [4.78, 5) is 0. The van der Waals surface area contributed by atoms with Gasteiger partial charge in [-0.3, -0.25) is 0 Å². The van der Waals surface area contributed by atoms with Crippen LogP contribution in [0.5, 0.6) is 11.5 Å². The first-order chi connectivity index (χ1) is 9.76. The minimum absolute atomic E-state index is 0.584. The smallest absolute Gasteiger partial charge is 0.163 e. The Labute approximate surface area is 117 Å². The third kappa shape index (κ3) is 2.41. The molecule has 0 fully saturated rings. The fraction of sp³-hybridized carbons (Fsp3) is 0.267. The summed E-state index contributed by atoms with van der Waals surface area (Å²) in [5.74, 6) is 1.56. The number of nitrogens with zero attached hydrogens (tertiary/aromatic N) is 2. The summed E-state index contributed by atoms with van der Waals surface area (Å²) >= 11 is 0. The highest BCUT2D eigenvalue weighted by atomic mass is 16.6. The second-order valence-electron chi connectivity index (χ2n) is 4.67. The van der Waals surface area contributed by atoms with Gasteiger partial charge in [0.1, 0.15) is 25.0 Å². The van der Waals surface area contributed by atoms with Crippen LogP contribution in [0.3, 0.4) is 0 Å². The van der Waals surface area contributed by atoms with Crippen LogP contribution in [-0.4, -0.2) is 17.8 Å². The molecule has 2 heterocycles. The van der Waals surface area contributed by atoms with Crippen LogP contribution in [0.4, 0.5) is 5.69 Å². The molecule has 1 aromatic heterocycles. The number of ether oxygens (including phenoxy) is 2. The SMILES string of the molecule is Cn1cc(CNc2ccc3c(c2)OCCO3)cc1C#N. The van der Waals surface area contributed by atoms with Crippen LogP contribution in [0.25, 0.3) is 0 Å². The van der Waals surface area contributed by atoms with Crippen molar-refractivity contribution < 1.29 is 9.47 Å². The maximum Gasteiger partial charge on any atom is 0.163 e. The van der Waals surface area contributed by atoms with Gasteiger partial charge >= 0.3 is 0 Å². The van der Waals surface area contributed by atoms with Gasteiger partial charge in [0.05, 0.1) is 0 Å². The summed E-state index contributed by atoms with van der Waals surface area (Å²) in [7, 11) is 1.87. The highest BCUT2D eigenvalue weighted by Gasteiger charge is 2.11. The van der Waals surface area contributed by atoms with Gasteiger partial charge in [-0.25, -0.2) is 0 Å². The van der Waals surface area contributed by atoms with Crippen LogP contribution >= 0.6 is 0 Å². The number of aryl methyl sites for hydroxylation is 1. The predicted octanol–water partition coefficient (Wildman–Crippen LogP) is 2.28. The number of hydrogen-bond acceptors (Lipinski definition) is 4. The molecule has 2 aromatic rings. The molecule has 1 N–H and O–H groups in total. The van der Waals surface area contributed by atoms with E-state index in [0.717, 1.165) is 22.7 Å². The van der Waals surface area contributed by atoms with Gasteiger partial charge in [0.25, 0.3) is 0 Å². The van der Waals surface area contributed by atoms with Crippen molar-refractivity contribution in [2.75, 3.05) is 18.5 Å². The summed E-state index contributed by atoms with van der Waals surface area (Å²) in [6.07, 6.45) is 1.95. The Hall–Kier alpha value is -2.61. The predicted molar refractivity (Wildman–Crippen MR) is 74.9 cm³/mol. The highest BCUT2D eigenvalue weighted by Crippen LogP contribution is 2.32. The van der Waals surface area contributed by atoms with Crippen molar-refractivity contribution in [2.24, 2.45) is 7.05 Å². The topological polar surface area (TPSA) is 59.2 Å². The minimum atomic E-state index is 0.584. The summed E-state index contributed by atoms with van der Waals surface area (Å²) < 4.78 is 12.8. The second-order valence-corrected chi connectivity index (χ2v) is 4.67. The van der Waals surface area contributed by atoms with Crippen molar-refractivity contribution in [3.8, 4) is 17.6 Å². The molecule has 0 amide bonds. The van der Waals surface area contributed by atoms with Gasteiger partial charge in [0, 0.05) is 31.5 Å². The average Bonchev–Trinajstić information content (AvgIpc) is 2.85. The van der Waals surface area contributed by atoms with Crippen molar-refractivity contribution in [3.05, 3.63) is 41.7 Å². The van der Waals surface area contributed by atoms with E-state index in [-0.39, 0.29) is 0 Å². The molecule has 0 unspecified atom stereocenters. The second kappa shape index (κ2) is 5.17. The Morgan fingerprint density at radius 3 is 2.80 bits per heavy atom. The molecule has 5 heteroatoms. The Morgan fingerprint density at radius 1 is 1.25 bits per heavy atom. The fourth-order valence-electron chi connectivity index (χ4n) is 2.20. The Bertz CT molecular complexity index is 670. The molecular weight excluding hydrogens is 254 g/mol. The number of nitriles is 1. The molecule has 0 bridgehead atoms. The Morgan fingerprint density at radius 2 is 2.05 bits per heavy atom. The lowest BCUT2D eigenvalue weighted by atomic mass is 10.2. The van der Waals surface area contributed by atoms with Crippen LogP contribution < -0.4 is 14.8 Å². The van der Waals surface area contributed by atoms with E-state index in [9.17, 15) is 0 Å². The van der Waals surface area contributed by atoms with Gasteiger partial charge in [-0.05, 0) is 23.8 Å². The highest BCUT2D eigenvalue weighted by molar-refractivity contribution is 5.55. The molecule has 0 saturated carbocycles. The van der Waals surface area contributed by atoms with Gasteiger partial charge in [0.2, 0.25) is 0 Å². The monoisotopic (exact) mass is 269 g/mol. The number of hydrogen-bond donors (Lipinski definition) is 1. The van der Waals surface area contributed by atoms with Crippen LogP contribution in [0.1, 0.15) is 11.3 Å². The third-order valence-corrected chi connectivity index (χ3v) is 3.21. The summed E-state index contributed by atoms with van der Waals surface area (Å²) in [5.41, 5.74) is 2.69. The molecule has 1 aliphatic rings. The van der Waals surface area contributed by atoms with Gasteiger partial charge in [0.15, 0.2) is 11.5 Å². The van der Waals surface area contributed by atoms with Crippen LogP contribution in [0.15, 0.2) is 30.5 Å². The van der Waals surface area contributed by atoms with E-state index in [1.165, 1.54) is 0 Å². The van der Waals surface area contributed by atoms with E-state index in [1.807, 2.05) is 42.1 Å². The molecule has 102 valence electrons. The first-order valence-electron chi connectivity index (χ1n) is 6.45. The first-order valence-corrected chi connectivity index (χ1v) is 6.45. The zero-order chi connectivity index (χ0) is 13.9. The van der Waals surface area contributed by atoms with Crippen LogP contribution in [0.2, 0.25) is 0 Å². The van der Waals surface area contributed by atoms with E-state index >= 15 is 0 Å². The molecule has 0 radical (unpaired) electrons. The first kappa shape index (κ1) is 12.4. The quantitative estimate of drug-likeness (QED) is 0.928. The van der Waals surface area contributed by atoms with Gasteiger partial charge in [-0.2, -0.15) is 5.26 Å². The van der Waals surface area contributed by atoms with Crippen molar-refractivity contribution in [1.29, 1.82) is 5.26 Å². The summed E-state index contributed by atoms with van der Waals surface area (Å²) in [5, 5.41) is 12.2. The lowest BCUT2D eigenvalue weighted by Gasteiger charge is -2.19. The van der Waals surface area contributed by atoms with Crippen molar-refractivity contribution in [1.82, 2.24) is 4.57 Å². The molecule has 0 spiro atoms. The molecule has 3 rings (SSSR count). The normalized spacial score (nSPS) is 12.8. The Balaban J connectivity index is 1.70. The van der Waals surface area contributed by atoms with E-state index in [4.69, 9.17) is 14.7 Å². The minimum Gasteiger partial charge on any atom is -0.486 e. The largest absolute Gasteiger partial charge is 0.486 e. The van der Waals surface area contributed by atoms with Crippen molar-refractivity contribution in [3.63, 3.8) is 0 Å². The zero-order valence-electron chi connectivity index (χ0n) is 11.2. The van der Waals surface area contributed by atoms with Crippen LogP contribution in [-0.2, 0) is 13.6 Å². The van der Waals surface area contributed by atoms with E-state index in [2.05, 4.69) is 11.4 Å². The van der Waals surface area contributed by atoms with Crippen molar-refractivity contribution >= 4 is 5.69 Å². The average molecular weight is 269 g/mol. The fourth-order valence-corrected chi connectivity index (χ4v) is 2.20. The number of fused-ring (bicyclic) bond motifs is 1. The summed E-state index contributed by atoms with van der Waals surface area (Å²) in [6.45, 7) is 1.84. The zero-order valence-corrected chi connectivity index (χ0v) is 11.2. The third-order valence-electron chi connectivity index (χ3n) is 3.21.